The van der Waals surface area contributed by atoms with Gasteiger partial charge in [0.15, 0.2) is 5.82 Å². The van der Waals surface area contributed by atoms with E-state index in [-0.39, 0.29) is 5.91 Å². The van der Waals surface area contributed by atoms with Gasteiger partial charge in [-0.15, -0.1) is 10.2 Å². The molecule has 1 aliphatic heterocycles. The van der Waals surface area contributed by atoms with E-state index in [1.165, 1.54) is 32.1 Å². The van der Waals surface area contributed by atoms with Crippen LogP contribution in [-0.2, 0) is 17.8 Å². The van der Waals surface area contributed by atoms with Crippen LogP contribution in [0.4, 0.5) is 0 Å². The van der Waals surface area contributed by atoms with Crippen molar-refractivity contribution in [3.8, 4) is 0 Å². The molecular weight excluding hydrogens is 306 g/mol. The van der Waals surface area contributed by atoms with Crippen molar-refractivity contribution in [1.29, 1.82) is 0 Å². The van der Waals surface area contributed by atoms with Crippen molar-refractivity contribution in [2.75, 3.05) is 6.54 Å². The van der Waals surface area contributed by atoms with E-state index in [0.29, 0.717) is 12.6 Å². The number of amides is 1. The van der Waals surface area contributed by atoms with Gasteiger partial charge in [-0.3, -0.25) is 4.79 Å². The molecule has 1 amide bonds. The zero-order valence-corrected chi connectivity index (χ0v) is 13.7. The number of aromatic nitrogens is 5. The molecule has 1 atom stereocenters. The number of rotatable bonds is 4. The van der Waals surface area contributed by atoms with E-state index in [1.807, 2.05) is 0 Å². The van der Waals surface area contributed by atoms with E-state index >= 15 is 0 Å². The monoisotopic (exact) mass is 329 g/mol. The fraction of sp³-hybridized carbons (Fsp3) is 0.625. The number of nitrogens with one attached hydrogen (secondary N) is 3. The minimum absolute atomic E-state index is 0.0683. The first-order valence-corrected chi connectivity index (χ1v) is 8.74. The van der Waals surface area contributed by atoms with Crippen molar-refractivity contribution >= 4 is 5.91 Å². The summed E-state index contributed by atoms with van der Waals surface area (Å²) in [7, 11) is 0. The van der Waals surface area contributed by atoms with Gasteiger partial charge in [-0.2, -0.15) is 0 Å². The smallest absolute Gasteiger partial charge is 0.243 e. The maximum atomic E-state index is 12.6. The van der Waals surface area contributed by atoms with Crippen molar-refractivity contribution in [2.45, 2.75) is 57.2 Å². The molecule has 2 aromatic heterocycles. The Morgan fingerprint density at radius 3 is 3.08 bits per heavy atom. The van der Waals surface area contributed by atoms with Crippen LogP contribution in [0.1, 0.15) is 61.4 Å². The highest BCUT2D eigenvalue weighted by Gasteiger charge is 2.28. The predicted octanol–water partition coefficient (Wildman–Crippen LogP) is 1.01. The van der Waals surface area contributed by atoms with Gasteiger partial charge in [-0.25, -0.2) is 4.98 Å². The normalized spacial score (nSPS) is 21.4. The molecule has 8 heteroatoms. The van der Waals surface area contributed by atoms with Crippen LogP contribution in [0.25, 0.3) is 0 Å². The second-order valence-electron chi connectivity index (χ2n) is 6.57. The number of carbonyl (C=O) groups excluding carboxylic acids is 1. The molecule has 128 valence electrons. The molecule has 0 bridgehead atoms. The summed E-state index contributed by atoms with van der Waals surface area (Å²) in [5.41, 5.74) is 1.84. The van der Waals surface area contributed by atoms with Crippen LogP contribution < -0.4 is 10.6 Å². The standard InChI is InChI=1S/C16H23N7O/c24-16(15-14-12(6-7-17-15)19-9-20-14)18-8-13-22-21-10-23(13)11-4-2-1-3-5-11/h9-11,15,17H,1-8H2,(H,18,24)(H,19,20)/t15-/m1/s1. The molecular formula is C16H23N7O. The van der Waals surface area contributed by atoms with E-state index in [9.17, 15) is 4.79 Å². The van der Waals surface area contributed by atoms with Gasteiger partial charge in [-0.05, 0) is 12.8 Å². The zero-order valence-electron chi connectivity index (χ0n) is 13.7. The van der Waals surface area contributed by atoms with Gasteiger partial charge in [0.05, 0.1) is 18.6 Å². The highest BCUT2D eigenvalue weighted by molar-refractivity contribution is 5.83. The maximum Gasteiger partial charge on any atom is 0.243 e. The largest absolute Gasteiger partial charge is 0.348 e. The first kappa shape index (κ1) is 15.3. The lowest BCUT2D eigenvalue weighted by Crippen LogP contribution is -2.41. The SMILES string of the molecule is O=C(NCc1nncn1C1CCCCC1)[C@@H]1NCCc2[nH]cnc21. The molecule has 0 radical (unpaired) electrons. The molecule has 24 heavy (non-hydrogen) atoms. The summed E-state index contributed by atoms with van der Waals surface area (Å²) in [6.07, 6.45) is 10.5. The minimum Gasteiger partial charge on any atom is -0.348 e. The van der Waals surface area contributed by atoms with Crippen LogP contribution in [0.5, 0.6) is 0 Å². The lowest BCUT2D eigenvalue weighted by molar-refractivity contribution is -0.123. The number of carbonyl (C=O) groups is 1. The number of nitrogens with zero attached hydrogens (tertiary/aromatic N) is 4. The molecule has 0 aromatic carbocycles. The van der Waals surface area contributed by atoms with Gasteiger partial charge in [-0.1, -0.05) is 19.3 Å². The molecule has 0 saturated heterocycles. The second kappa shape index (κ2) is 6.72. The molecule has 2 aliphatic rings. The van der Waals surface area contributed by atoms with Crippen molar-refractivity contribution in [2.24, 2.45) is 0 Å². The van der Waals surface area contributed by atoms with Crippen molar-refractivity contribution in [3.05, 3.63) is 29.9 Å². The first-order chi connectivity index (χ1) is 11.8. The Labute approximate surface area is 140 Å². The Morgan fingerprint density at radius 1 is 1.33 bits per heavy atom. The van der Waals surface area contributed by atoms with Crippen molar-refractivity contribution < 1.29 is 4.79 Å². The topological polar surface area (TPSA) is 101 Å². The van der Waals surface area contributed by atoms with Crippen LogP contribution in [-0.4, -0.2) is 37.2 Å². The summed E-state index contributed by atoms with van der Waals surface area (Å²) in [4.78, 5) is 19.9. The summed E-state index contributed by atoms with van der Waals surface area (Å²) in [5, 5.41) is 14.5. The number of aromatic amines is 1. The molecule has 2 aromatic rings. The summed E-state index contributed by atoms with van der Waals surface area (Å²) >= 11 is 0. The summed E-state index contributed by atoms with van der Waals surface area (Å²) in [6.45, 7) is 1.17. The molecule has 0 spiro atoms. The second-order valence-corrected chi connectivity index (χ2v) is 6.57. The fourth-order valence-corrected chi connectivity index (χ4v) is 3.76. The first-order valence-electron chi connectivity index (χ1n) is 8.74. The molecule has 8 nitrogen and oxygen atoms in total. The summed E-state index contributed by atoms with van der Waals surface area (Å²) < 4.78 is 2.13. The minimum atomic E-state index is -0.397. The maximum absolute atomic E-state index is 12.6. The van der Waals surface area contributed by atoms with Crippen molar-refractivity contribution in [1.82, 2.24) is 35.4 Å². The third kappa shape index (κ3) is 2.93. The Hall–Kier alpha value is -2.22. The lowest BCUT2D eigenvalue weighted by Gasteiger charge is -2.25. The average Bonchev–Trinajstić information content (AvgIpc) is 3.29. The third-order valence-electron chi connectivity index (χ3n) is 5.05. The quantitative estimate of drug-likeness (QED) is 0.777. The van der Waals surface area contributed by atoms with E-state index in [1.54, 1.807) is 12.7 Å². The summed E-state index contributed by atoms with van der Waals surface area (Å²) in [5.74, 6) is 0.759. The predicted molar refractivity (Wildman–Crippen MR) is 87.0 cm³/mol. The molecule has 1 aliphatic carbocycles. The van der Waals surface area contributed by atoms with Gasteiger partial charge in [0.25, 0.3) is 0 Å². The Kier molecular flexibility index (Phi) is 4.29. The lowest BCUT2D eigenvalue weighted by atomic mass is 9.95. The molecule has 3 N–H and O–H groups in total. The number of hydrogen-bond donors (Lipinski definition) is 3. The van der Waals surface area contributed by atoms with Crippen LogP contribution in [0.15, 0.2) is 12.7 Å². The van der Waals surface area contributed by atoms with E-state index in [2.05, 4.69) is 35.4 Å². The highest BCUT2D eigenvalue weighted by atomic mass is 16.2. The molecule has 1 fully saturated rings. The van der Waals surface area contributed by atoms with Crippen LogP contribution >= 0.6 is 0 Å². The van der Waals surface area contributed by atoms with E-state index in [0.717, 1.165) is 30.2 Å². The van der Waals surface area contributed by atoms with Gasteiger partial charge >= 0.3 is 0 Å². The number of hydrogen-bond acceptors (Lipinski definition) is 5. The van der Waals surface area contributed by atoms with Crippen molar-refractivity contribution in [3.63, 3.8) is 0 Å². The Morgan fingerprint density at radius 2 is 2.21 bits per heavy atom. The van der Waals surface area contributed by atoms with Gasteiger partial charge in [0.2, 0.25) is 5.91 Å². The fourth-order valence-electron chi connectivity index (χ4n) is 3.76. The van der Waals surface area contributed by atoms with E-state index in [4.69, 9.17) is 0 Å². The Balaban J connectivity index is 1.41. The van der Waals surface area contributed by atoms with Crippen LogP contribution in [0, 0.1) is 0 Å². The summed E-state index contributed by atoms with van der Waals surface area (Å²) in [6, 6.07) is 0.0671. The molecule has 3 heterocycles. The zero-order chi connectivity index (χ0) is 16.4. The van der Waals surface area contributed by atoms with Gasteiger partial charge < -0.3 is 20.2 Å². The number of imidazole rings is 1. The van der Waals surface area contributed by atoms with Crippen LogP contribution in [0.3, 0.4) is 0 Å². The molecule has 0 unspecified atom stereocenters. The molecule has 4 rings (SSSR count). The van der Waals surface area contributed by atoms with E-state index < -0.39 is 6.04 Å². The van der Waals surface area contributed by atoms with Gasteiger partial charge in [0.1, 0.15) is 12.4 Å². The third-order valence-corrected chi connectivity index (χ3v) is 5.05. The Bertz CT molecular complexity index is 701. The number of fused-ring (bicyclic) bond motifs is 1. The highest BCUT2D eigenvalue weighted by Crippen LogP contribution is 2.28. The van der Waals surface area contributed by atoms with Crippen LogP contribution in [0.2, 0.25) is 0 Å². The number of H-pyrrole nitrogens is 1. The average molecular weight is 329 g/mol. The molecule has 1 saturated carbocycles. The van der Waals surface area contributed by atoms with Gasteiger partial charge in [0, 0.05) is 24.7 Å².